The standard InChI is InChI=1S/C16H20ClF3N2O/c1-10-5-11(2)8-22(7-10)9-15(23)21-14-6-12(16(18,19)20)3-4-13(14)17/h3-4,6,10-11H,5,7-9H2,1-2H3,(H,21,23)/t10-,11+. The second kappa shape index (κ2) is 7.09. The third kappa shape index (κ3) is 5.11. The van der Waals surface area contributed by atoms with E-state index >= 15 is 0 Å². The number of amides is 1. The minimum Gasteiger partial charge on any atom is -0.324 e. The molecule has 0 bridgehead atoms. The Hall–Kier alpha value is -1.27. The maximum Gasteiger partial charge on any atom is 0.416 e. The van der Waals surface area contributed by atoms with Crippen LogP contribution in [0.1, 0.15) is 25.8 Å². The summed E-state index contributed by atoms with van der Waals surface area (Å²) in [5.41, 5.74) is -0.845. The lowest BCUT2D eigenvalue weighted by Crippen LogP contribution is -2.42. The molecule has 0 radical (unpaired) electrons. The number of nitrogens with one attached hydrogen (secondary N) is 1. The van der Waals surface area contributed by atoms with Crippen LogP contribution in [0, 0.1) is 11.8 Å². The molecule has 1 aliphatic rings. The molecule has 1 amide bonds. The molecule has 1 heterocycles. The number of piperidine rings is 1. The molecule has 2 atom stereocenters. The maximum absolute atomic E-state index is 12.7. The number of hydrogen-bond donors (Lipinski definition) is 1. The predicted molar refractivity (Wildman–Crippen MR) is 84.5 cm³/mol. The van der Waals surface area contributed by atoms with Crippen LogP contribution in [0.5, 0.6) is 0 Å². The van der Waals surface area contributed by atoms with Crippen LogP contribution in [0.3, 0.4) is 0 Å². The normalized spacial score (nSPS) is 22.9. The van der Waals surface area contributed by atoms with E-state index in [1.807, 2.05) is 4.90 Å². The minimum absolute atomic E-state index is 0.00963. The van der Waals surface area contributed by atoms with Crippen molar-refractivity contribution in [2.45, 2.75) is 26.4 Å². The van der Waals surface area contributed by atoms with Crippen LogP contribution in [0.15, 0.2) is 18.2 Å². The maximum atomic E-state index is 12.7. The number of carbonyl (C=O) groups excluding carboxylic acids is 1. The first-order valence-electron chi connectivity index (χ1n) is 7.54. The van der Waals surface area contributed by atoms with E-state index in [1.54, 1.807) is 0 Å². The van der Waals surface area contributed by atoms with E-state index in [1.165, 1.54) is 0 Å². The van der Waals surface area contributed by atoms with Crippen molar-refractivity contribution in [2.24, 2.45) is 11.8 Å². The van der Waals surface area contributed by atoms with E-state index in [-0.39, 0.29) is 23.2 Å². The number of rotatable bonds is 3. The topological polar surface area (TPSA) is 32.3 Å². The monoisotopic (exact) mass is 348 g/mol. The number of nitrogens with zero attached hydrogens (tertiary/aromatic N) is 1. The van der Waals surface area contributed by atoms with Crippen molar-refractivity contribution in [1.82, 2.24) is 4.90 Å². The van der Waals surface area contributed by atoms with Crippen LogP contribution in [0.2, 0.25) is 5.02 Å². The minimum atomic E-state index is -4.47. The van der Waals surface area contributed by atoms with E-state index in [9.17, 15) is 18.0 Å². The molecule has 1 N–H and O–H groups in total. The molecule has 0 aromatic heterocycles. The number of benzene rings is 1. The zero-order chi connectivity index (χ0) is 17.2. The molecular formula is C16H20ClF3N2O. The molecule has 1 saturated heterocycles. The van der Waals surface area contributed by atoms with Gasteiger partial charge in [0, 0.05) is 13.1 Å². The van der Waals surface area contributed by atoms with Gasteiger partial charge in [0.2, 0.25) is 5.91 Å². The highest BCUT2D eigenvalue weighted by Crippen LogP contribution is 2.33. The Morgan fingerprint density at radius 2 is 1.91 bits per heavy atom. The number of anilines is 1. The van der Waals surface area contributed by atoms with Gasteiger partial charge < -0.3 is 5.32 Å². The van der Waals surface area contributed by atoms with E-state index in [4.69, 9.17) is 11.6 Å². The van der Waals surface area contributed by atoms with Gasteiger partial charge in [-0.2, -0.15) is 13.2 Å². The SMILES string of the molecule is C[C@@H]1C[C@H](C)CN(CC(=O)Nc2cc(C(F)(F)F)ccc2Cl)C1. The van der Waals surface area contributed by atoms with Crippen molar-refractivity contribution in [1.29, 1.82) is 0 Å². The van der Waals surface area contributed by atoms with E-state index in [0.29, 0.717) is 11.8 Å². The average Bonchev–Trinajstić information content (AvgIpc) is 2.38. The van der Waals surface area contributed by atoms with Crippen molar-refractivity contribution in [2.75, 3.05) is 25.0 Å². The third-order valence-electron chi connectivity index (χ3n) is 3.88. The van der Waals surface area contributed by atoms with Crippen LogP contribution >= 0.6 is 11.6 Å². The second-order valence-electron chi connectivity index (χ2n) is 6.38. The quantitative estimate of drug-likeness (QED) is 0.884. The molecule has 0 spiro atoms. The van der Waals surface area contributed by atoms with Gasteiger partial charge in [0.05, 0.1) is 22.8 Å². The molecule has 1 aliphatic heterocycles. The molecule has 1 aromatic carbocycles. The lowest BCUT2D eigenvalue weighted by molar-refractivity contribution is -0.137. The molecule has 1 fully saturated rings. The molecule has 0 aliphatic carbocycles. The first-order valence-corrected chi connectivity index (χ1v) is 7.92. The smallest absolute Gasteiger partial charge is 0.324 e. The van der Waals surface area contributed by atoms with Crippen LogP contribution < -0.4 is 5.32 Å². The molecule has 23 heavy (non-hydrogen) atoms. The number of carbonyl (C=O) groups is 1. The third-order valence-corrected chi connectivity index (χ3v) is 4.21. The highest BCUT2D eigenvalue weighted by molar-refractivity contribution is 6.33. The molecule has 3 nitrogen and oxygen atoms in total. The summed E-state index contributed by atoms with van der Waals surface area (Å²) in [4.78, 5) is 14.1. The van der Waals surface area contributed by atoms with Crippen molar-refractivity contribution in [3.8, 4) is 0 Å². The second-order valence-corrected chi connectivity index (χ2v) is 6.79. The average molecular weight is 349 g/mol. The Labute approximate surface area is 138 Å². The number of likely N-dealkylation sites (tertiary alicyclic amines) is 1. The summed E-state index contributed by atoms with van der Waals surface area (Å²) in [5, 5.41) is 2.58. The van der Waals surface area contributed by atoms with E-state index in [0.717, 1.165) is 37.7 Å². The Morgan fingerprint density at radius 3 is 2.48 bits per heavy atom. The summed E-state index contributed by atoms with van der Waals surface area (Å²) in [5.74, 6) is 0.653. The Balaban J connectivity index is 2.02. The molecule has 7 heteroatoms. The Kier molecular flexibility index (Phi) is 5.57. The summed E-state index contributed by atoms with van der Waals surface area (Å²) in [7, 11) is 0. The Bertz CT molecular complexity index is 567. The highest BCUT2D eigenvalue weighted by atomic mass is 35.5. The molecular weight excluding hydrogens is 329 g/mol. The fourth-order valence-corrected chi connectivity index (χ4v) is 3.28. The van der Waals surface area contributed by atoms with Gasteiger partial charge in [-0.1, -0.05) is 25.4 Å². The summed E-state index contributed by atoms with van der Waals surface area (Å²) in [6, 6.07) is 2.90. The zero-order valence-corrected chi connectivity index (χ0v) is 13.8. The van der Waals surface area contributed by atoms with Crippen molar-refractivity contribution < 1.29 is 18.0 Å². The van der Waals surface area contributed by atoms with Crippen molar-refractivity contribution in [3.05, 3.63) is 28.8 Å². The molecule has 1 aromatic rings. The van der Waals surface area contributed by atoms with Gasteiger partial charge in [-0.3, -0.25) is 9.69 Å². The number of hydrogen-bond acceptors (Lipinski definition) is 2. The first kappa shape index (κ1) is 18.1. The predicted octanol–water partition coefficient (Wildman–Crippen LogP) is 4.28. The number of halogens is 4. The lowest BCUT2D eigenvalue weighted by Gasteiger charge is -2.34. The van der Waals surface area contributed by atoms with Crippen molar-refractivity contribution in [3.63, 3.8) is 0 Å². The van der Waals surface area contributed by atoms with Gasteiger partial charge in [-0.25, -0.2) is 0 Å². The molecule has 128 valence electrons. The summed E-state index contributed by atoms with van der Waals surface area (Å²) in [6.07, 6.45) is -3.35. The number of alkyl halides is 3. The van der Waals surface area contributed by atoms with Gasteiger partial charge in [0.25, 0.3) is 0 Å². The Morgan fingerprint density at radius 1 is 1.30 bits per heavy atom. The van der Waals surface area contributed by atoms with Crippen LogP contribution in [0.4, 0.5) is 18.9 Å². The largest absolute Gasteiger partial charge is 0.416 e. The van der Waals surface area contributed by atoms with Gasteiger partial charge >= 0.3 is 6.18 Å². The highest BCUT2D eigenvalue weighted by Gasteiger charge is 2.31. The summed E-state index contributed by atoms with van der Waals surface area (Å²) in [6.45, 7) is 6.04. The van der Waals surface area contributed by atoms with Crippen LogP contribution in [-0.4, -0.2) is 30.4 Å². The van der Waals surface area contributed by atoms with E-state index in [2.05, 4.69) is 19.2 Å². The first-order chi connectivity index (χ1) is 10.6. The van der Waals surface area contributed by atoms with Crippen molar-refractivity contribution >= 4 is 23.2 Å². The molecule has 2 rings (SSSR count). The lowest BCUT2D eigenvalue weighted by atomic mass is 9.92. The molecule has 0 unspecified atom stereocenters. The van der Waals surface area contributed by atoms with E-state index < -0.39 is 11.7 Å². The fourth-order valence-electron chi connectivity index (χ4n) is 3.11. The summed E-state index contributed by atoms with van der Waals surface area (Å²) >= 11 is 5.88. The van der Waals surface area contributed by atoms with Gasteiger partial charge in [0.15, 0.2) is 0 Å². The van der Waals surface area contributed by atoms with Crippen LogP contribution in [0.25, 0.3) is 0 Å². The summed E-state index contributed by atoms with van der Waals surface area (Å²) < 4.78 is 38.2. The van der Waals surface area contributed by atoms with Gasteiger partial charge in [0.1, 0.15) is 0 Å². The van der Waals surface area contributed by atoms with Gasteiger partial charge in [-0.15, -0.1) is 0 Å². The molecule has 0 saturated carbocycles. The fraction of sp³-hybridized carbons (Fsp3) is 0.562. The van der Waals surface area contributed by atoms with Gasteiger partial charge in [-0.05, 0) is 36.5 Å². The van der Waals surface area contributed by atoms with Crippen LogP contribution in [-0.2, 0) is 11.0 Å². The zero-order valence-electron chi connectivity index (χ0n) is 13.1.